The summed E-state index contributed by atoms with van der Waals surface area (Å²) in [7, 11) is 0. The van der Waals surface area contributed by atoms with Crippen LogP contribution in [0.5, 0.6) is 0 Å². The first-order valence-corrected chi connectivity index (χ1v) is 6.44. The van der Waals surface area contributed by atoms with Gasteiger partial charge in [-0.05, 0) is 12.1 Å². The highest BCUT2D eigenvalue weighted by atomic mass is 16.3. The molecule has 1 amide bonds. The first kappa shape index (κ1) is 14.3. The Hall–Kier alpha value is -2.14. The number of rotatable bonds is 4. The Kier molecular flexibility index (Phi) is 3.90. The van der Waals surface area contributed by atoms with Crippen molar-refractivity contribution in [2.45, 2.75) is 13.8 Å². The number of aromatic nitrogens is 1. The Morgan fingerprint density at radius 3 is 2.75 bits per heavy atom. The SMILES string of the molecule is CC(C)(CO)CNC(=O)c1cc(=O)c2ccccc2[nH]1. The van der Waals surface area contributed by atoms with Gasteiger partial charge in [0.25, 0.3) is 5.91 Å². The summed E-state index contributed by atoms with van der Waals surface area (Å²) in [5.74, 6) is -0.352. The molecule has 2 rings (SSSR count). The van der Waals surface area contributed by atoms with Crippen molar-refractivity contribution in [3.05, 3.63) is 46.2 Å². The fraction of sp³-hybridized carbons (Fsp3) is 0.333. The van der Waals surface area contributed by atoms with Crippen LogP contribution in [-0.2, 0) is 0 Å². The summed E-state index contributed by atoms with van der Waals surface area (Å²) in [6, 6.07) is 8.34. The third kappa shape index (κ3) is 3.05. The molecule has 0 atom stereocenters. The normalized spacial score (nSPS) is 11.6. The third-order valence-electron chi connectivity index (χ3n) is 3.14. The van der Waals surface area contributed by atoms with Gasteiger partial charge in [0.1, 0.15) is 5.69 Å². The minimum atomic E-state index is -0.396. The van der Waals surface area contributed by atoms with E-state index >= 15 is 0 Å². The second-order valence-electron chi connectivity index (χ2n) is 5.60. The predicted octanol–water partition coefficient (Wildman–Crippen LogP) is 1.28. The van der Waals surface area contributed by atoms with Gasteiger partial charge in [-0.1, -0.05) is 26.0 Å². The minimum absolute atomic E-state index is 0.0263. The van der Waals surface area contributed by atoms with Gasteiger partial charge in [0.2, 0.25) is 0 Å². The third-order valence-corrected chi connectivity index (χ3v) is 3.14. The highest BCUT2D eigenvalue weighted by Gasteiger charge is 2.18. The minimum Gasteiger partial charge on any atom is -0.396 e. The van der Waals surface area contributed by atoms with Crippen molar-refractivity contribution in [1.29, 1.82) is 0 Å². The highest BCUT2D eigenvalue weighted by Crippen LogP contribution is 2.12. The number of hydrogen-bond donors (Lipinski definition) is 3. The van der Waals surface area contributed by atoms with Crippen LogP contribution in [0.3, 0.4) is 0 Å². The molecule has 3 N–H and O–H groups in total. The number of nitrogens with one attached hydrogen (secondary N) is 2. The van der Waals surface area contributed by atoms with Crippen molar-refractivity contribution >= 4 is 16.8 Å². The lowest BCUT2D eigenvalue weighted by atomic mass is 9.95. The van der Waals surface area contributed by atoms with Crippen LogP contribution in [0.4, 0.5) is 0 Å². The van der Waals surface area contributed by atoms with Crippen molar-refractivity contribution in [1.82, 2.24) is 10.3 Å². The number of benzene rings is 1. The lowest BCUT2D eigenvalue weighted by molar-refractivity contribution is 0.0906. The summed E-state index contributed by atoms with van der Waals surface area (Å²) in [4.78, 5) is 26.9. The summed E-state index contributed by atoms with van der Waals surface area (Å²) in [5.41, 5.74) is 0.271. The molecule has 0 saturated carbocycles. The van der Waals surface area contributed by atoms with Crippen LogP contribution in [0, 0.1) is 5.41 Å². The fourth-order valence-corrected chi connectivity index (χ4v) is 1.79. The zero-order valence-corrected chi connectivity index (χ0v) is 11.6. The van der Waals surface area contributed by atoms with Crippen molar-refractivity contribution in [2.75, 3.05) is 13.2 Å². The zero-order valence-electron chi connectivity index (χ0n) is 11.6. The van der Waals surface area contributed by atoms with E-state index in [9.17, 15) is 9.59 Å². The van der Waals surface area contributed by atoms with E-state index in [-0.39, 0.29) is 23.6 Å². The van der Waals surface area contributed by atoms with Gasteiger partial charge in [-0.2, -0.15) is 0 Å². The van der Waals surface area contributed by atoms with Gasteiger partial charge in [0.15, 0.2) is 5.43 Å². The topological polar surface area (TPSA) is 82.2 Å². The van der Waals surface area contributed by atoms with Crippen molar-refractivity contribution in [3.63, 3.8) is 0 Å². The van der Waals surface area contributed by atoms with Gasteiger partial charge in [-0.3, -0.25) is 9.59 Å². The van der Waals surface area contributed by atoms with Gasteiger partial charge in [-0.15, -0.1) is 0 Å². The average Bonchev–Trinajstić information content (AvgIpc) is 2.45. The molecule has 0 aliphatic rings. The van der Waals surface area contributed by atoms with Gasteiger partial charge < -0.3 is 15.4 Å². The lowest BCUT2D eigenvalue weighted by Crippen LogP contribution is -2.36. The Morgan fingerprint density at radius 2 is 2.05 bits per heavy atom. The summed E-state index contributed by atoms with van der Waals surface area (Å²) in [5, 5.41) is 12.4. The average molecular weight is 274 g/mol. The zero-order chi connectivity index (χ0) is 14.8. The molecular weight excluding hydrogens is 256 g/mol. The molecule has 106 valence electrons. The summed E-state index contributed by atoms with van der Waals surface area (Å²) >= 11 is 0. The second-order valence-corrected chi connectivity index (χ2v) is 5.60. The number of aliphatic hydroxyl groups is 1. The molecule has 0 unspecified atom stereocenters. The number of fused-ring (bicyclic) bond motifs is 1. The van der Waals surface area contributed by atoms with Crippen LogP contribution in [0.2, 0.25) is 0 Å². The van der Waals surface area contributed by atoms with Crippen molar-refractivity contribution in [3.8, 4) is 0 Å². The van der Waals surface area contributed by atoms with E-state index in [0.717, 1.165) is 0 Å². The van der Waals surface area contributed by atoms with E-state index in [4.69, 9.17) is 5.11 Å². The summed E-state index contributed by atoms with van der Waals surface area (Å²) in [6.07, 6.45) is 0. The number of carbonyl (C=O) groups excluding carboxylic acids is 1. The number of aromatic amines is 1. The Balaban J connectivity index is 2.25. The van der Waals surface area contributed by atoms with Crippen LogP contribution < -0.4 is 10.7 Å². The molecular formula is C15H18N2O3. The van der Waals surface area contributed by atoms with E-state index in [0.29, 0.717) is 17.4 Å². The number of hydrogen-bond acceptors (Lipinski definition) is 3. The molecule has 0 fully saturated rings. The molecule has 2 aromatic rings. The van der Waals surface area contributed by atoms with E-state index in [2.05, 4.69) is 10.3 Å². The van der Waals surface area contributed by atoms with Crippen molar-refractivity contribution < 1.29 is 9.90 Å². The summed E-state index contributed by atoms with van der Waals surface area (Å²) < 4.78 is 0. The van der Waals surface area contributed by atoms with Crippen LogP contribution in [0.1, 0.15) is 24.3 Å². The standard InChI is InChI=1S/C15H18N2O3/c1-15(2,9-18)8-16-14(20)12-7-13(19)10-5-3-4-6-11(10)17-12/h3-7,18H,8-9H2,1-2H3,(H,16,20)(H,17,19). The van der Waals surface area contributed by atoms with Crippen LogP contribution in [0.15, 0.2) is 35.1 Å². The maximum absolute atomic E-state index is 12.0. The Labute approximate surface area is 116 Å². The molecule has 0 spiro atoms. The van der Waals surface area contributed by atoms with E-state index < -0.39 is 5.41 Å². The highest BCUT2D eigenvalue weighted by molar-refractivity contribution is 5.94. The van der Waals surface area contributed by atoms with Gasteiger partial charge >= 0.3 is 0 Å². The van der Waals surface area contributed by atoms with Crippen LogP contribution in [-0.4, -0.2) is 29.1 Å². The molecule has 0 radical (unpaired) electrons. The van der Waals surface area contributed by atoms with Crippen LogP contribution >= 0.6 is 0 Å². The monoisotopic (exact) mass is 274 g/mol. The van der Waals surface area contributed by atoms with Gasteiger partial charge in [0, 0.05) is 35.5 Å². The van der Waals surface area contributed by atoms with Gasteiger partial charge in [0.05, 0.1) is 0 Å². The maximum Gasteiger partial charge on any atom is 0.267 e. The van der Waals surface area contributed by atoms with E-state index in [1.165, 1.54) is 6.07 Å². The molecule has 0 aliphatic carbocycles. The number of aliphatic hydroxyl groups excluding tert-OH is 1. The van der Waals surface area contributed by atoms with Crippen molar-refractivity contribution in [2.24, 2.45) is 5.41 Å². The number of para-hydroxylation sites is 1. The molecule has 1 heterocycles. The molecule has 5 nitrogen and oxygen atoms in total. The smallest absolute Gasteiger partial charge is 0.267 e. The predicted molar refractivity (Wildman–Crippen MR) is 77.8 cm³/mol. The molecule has 1 aromatic carbocycles. The molecule has 20 heavy (non-hydrogen) atoms. The fourth-order valence-electron chi connectivity index (χ4n) is 1.79. The molecule has 1 aromatic heterocycles. The quantitative estimate of drug-likeness (QED) is 0.785. The van der Waals surface area contributed by atoms with Gasteiger partial charge in [-0.25, -0.2) is 0 Å². The lowest BCUT2D eigenvalue weighted by Gasteiger charge is -2.21. The molecule has 0 bridgehead atoms. The van der Waals surface area contributed by atoms with E-state index in [1.807, 2.05) is 13.8 Å². The molecule has 0 aliphatic heterocycles. The Morgan fingerprint density at radius 1 is 1.35 bits per heavy atom. The maximum atomic E-state index is 12.0. The number of pyridine rings is 1. The molecule has 5 heteroatoms. The number of H-pyrrole nitrogens is 1. The first-order chi connectivity index (χ1) is 9.43. The Bertz CT molecular complexity index is 689. The molecule has 0 saturated heterocycles. The largest absolute Gasteiger partial charge is 0.396 e. The number of amides is 1. The first-order valence-electron chi connectivity index (χ1n) is 6.44. The van der Waals surface area contributed by atoms with E-state index in [1.54, 1.807) is 24.3 Å². The van der Waals surface area contributed by atoms with Crippen LogP contribution in [0.25, 0.3) is 10.9 Å². The second kappa shape index (κ2) is 5.46. The number of carbonyl (C=O) groups is 1. The summed E-state index contributed by atoms with van der Waals surface area (Å²) in [6.45, 7) is 3.99.